The second kappa shape index (κ2) is 6.43. The monoisotopic (exact) mass is 313 g/mol. The van der Waals surface area contributed by atoms with Crippen molar-refractivity contribution in [1.82, 2.24) is 25.2 Å². The Morgan fingerprint density at radius 1 is 1.22 bits per heavy atom. The lowest BCUT2D eigenvalue weighted by atomic mass is 10.2. The van der Waals surface area contributed by atoms with E-state index in [-0.39, 0.29) is 17.9 Å². The molecule has 2 amide bonds. The number of nitrogens with one attached hydrogen (secondary N) is 2. The molecule has 0 radical (unpaired) electrons. The summed E-state index contributed by atoms with van der Waals surface area (Å²) in [6, 6.07) is 11.0. The maximum absolute atomic E-state index is 12.8. The number of pyridine rings is 1. The van der Waals surface area contributed by atoms with Crippen molar-refractivity contribution in [1.29, 1.82) is 0 Å². The van der Waals surface area contributed by atoms with Gasteiger partial charge in [0.1, 0.15) is 5.82 Å². The lowest BCUT2D eigenvalue weighted by Gasteiger charge is -2.13. The predicted octanol–water partition coefficient (Wildman–Crippen LogP) is 2.43. The summed E-state index contributed by atoms with van der Waals surface area (Å²) in [4.78, 5) is 12.0. The first-order chi connectivity index (χ1) is 11.1. The van der Waals surface area contributed by atoms with Gasteiger partial charge in [-0.3, -0.25) is 4.40 Å². The van der Waals surface area contributed by atoms with Gasteiger partial charge in [-0.25, -0.2) is 9.18 Å². The smallest absolute Gasteiger partial charge is 0.315 e. The number of hydrogen-bond acceptors (Lipinski definition) is 3. The summed E-state index contributed by atoms with van der Waals surface area (Å²) >= 11 is 0. The molecule has 0 aliphatic carbocycles. The molecule has 2 aromatic heterocycles. The maximum atomic E-state index is 12.8. The third kappa shape index (κ3) is 3.45. The van der Waals surface area contributed by atoms with E-state index in [1.54, 1.807) is 12.1 Å². The second-order valence-corrected chi connectivity index (χ2v) is 5.16. The van der Waals surface area contributed by atoms with Crippen LogP contribution < -0.4 is 10.6 Å². The van der Waals surface area contributed by atoms with Crippen LogP contribution in [0.3, 0.4) is 0 Å². The van der Waals surface area contributed by atoms with Crippen LogP contribution in [0.25, 0.3) is 5.65 Å². The summed E-state index contributed by atoms with van der Waals surface area (Å²) in [5.41, 5.74) is 1.55. The minimum absolute atomic E-state index is 0.300. The van der Waals surface area contributed by atoms with Gasteiger partial charge in [0, 0.05) is 12.7 Å². The molecule has 1 atom stereocenters. The fourth-order valence-electron chi connectivity index (χ4n) is 2.25. The molecule has 3 aromatic rings. The fourth-order valence-corrected chi connectivity index (χ4v) is 2.25. The van der Waals surface area contributed by atoms with Crippen LogP contribution in [0.5, 0.6) is 0 Å². The summed E-state index contributed by atoms with van der Waals surface area (Å²) in [6.07, 6.45) is 1.85. The first kappa shape index (κ1) is 15.0. The number of amides is 2. The highest BCUT2D eigenvalue weighted by Gasteiger charge is 2.15. The van der Waals surface area contributed by atoms with Gasteiger partial charge in [0.2, 0.25) is 0 Å². The predicted molar refractivity (Wildman–Crippen MR) is 83.2 cm³/mol. The van der Waals surface area contributed by atoms with Crippen LogP contribution in [0.1, 0.15) is 24.4 Å². The maximum Gasteiger partial charge on any atom is 0.315 e. The molecule has 23 heavy (non-hydrogen) atoms. The first-order valence-corrected chi connectivity index (χ1v) is 7.22. The van der Waals surface area contributed by atoms with E-state index in [1.807, 2.05) is 35.7 Å². The van der Waals surface area contributed by atoms with E-state index >= 15 is 0 Å². The summed E-state index contributed by atoms with van der Waals surface area (Å²) in [7, 11) is 0. The molecule has 0 spiro atoms. The van der Waals surface area contributed by atoms with Gasteiger partial charge >= 0.3 is 6.03 Å². The molecule has 2 N–H and O–H groups in total. The van der Waals surface area contributed by atoms with Gasteiger partial charge in [-0.1, -0.05) is 18.2 Å². The van der Waals surface area contributed by atoms with Crippen molar-refractivity contribution in [3.63, 3.8) is 0 Å². The Balaban J connectivity index is 1.60. The number of carbonyl (C=O) groups is 1. The van der Waals surface area contributed by atoms with E-state index in [0.29, 0.717) is 12.4 Å². The number of fused-ring (bicyclic) bond motifs is 1. The van der Waals surface area contributed by atoms with Crippen molar-refractivity contribution < 1.29 is 9.18 Å². The molecular weight excluding hydrogens is 297 g/mol. The highest BCUT2D eigenvalue weighted by Crippen LogP contribution is 2.11. The second-order valence-electron chi connectivity index (χ2n) is 5.16. The summed E-state index contributed by atoms with van der Waals surface area (Å²) in [6.45, 7) is 2.15. The average molecular weight is 313 g/mol. The van der Waals surface area contributed by atoms with Gasteiger partial charge in [0.15, 0.2) is 11.5 Å². The molecule has 118 valence electrons. The van der Waals surface area contributed by atoms with Crippen molar-refractivity contribution in [2.24, 2.45) is 0 Å². The van der Waals surface area contributed by atoms with E-state index in [9.17, 15) is 9.18 Å². The van der Waals surface area contributed by atoms with E-state index in [0.717, 1.165) is 11.2 Å². The molecule has 1 unspecified atom stereocenters. The number of nitrogens with zero attached hydrogens (tertiary/aromatic N) is 3. The van der Waals surface area contributed by atoms with Gasteiger partial charge in [0.05, 0.1) is 6.04 Å². The van der Waals surface area contributed by atoms with E-state index in [1.165, 1.54) is 12.1 Å². The molecule has 7 heteroatoms. The van der Waals surface area contributed by atoms with E-state index < -0.39 is 0 Å². The Labute approximate surface area is 132 Å². The lowest BCUT2D eigenvalue weighted by molar-refractivity contribution is 0.237. The molecule has 0 fully saturated rings. The topological polar surface area (TPSA) is 71.3 Å². The zero-order valence-electron chi connectivity index (χ0n) is 12.5. The van der Waals surface area contributed by atoms with Crippen LogP contribution >= 0.6 is 0 Å². The van der Waals surface area contributed by atoms with Crippen molar-refractivity contribution in [3.8, 4) is 0 Å². The number of halogens is 1. The quantitative estimate of drug-likeness (QED) is 0.777. The largest absolute Gasteiger partial charge is 0.334 e. The molecular formula is C16H16FN5O. The Morgan fingerprint density at radius 2 is 2.00 bits per heavy atom. The lowest BCUT2D eigenvalue weighted by Crippen LogP contribution is -2.37. The van der Waals surface area contributed by atoms with Crippen molar-refractivity contribution in [2.75, 3.05) is 0 Å². The fraction of sp³-hybridized carbons (Fsp3) is 0.188. The van der Waals surface area contributed by atoms with Crippen LogP contribution in [-0.4, -0.2) is 20.6 Å². The number of aromatic nitrogens is 3. The van der Waals surface area contributed by atoms with Crippen molar-refractivity contribution >= 4 is 11.7 Å². The molecule has 1 aromatic carbocycles. The van der Waals surface area contributed by atoms with Gasteiger partial charge in [-0.15, -0.1) is 10.2 Å². The highest BCUT2D eigenvalue weighted by molar-refractivity contribution is 5.74. The standard InChI is InChI=1S/C16H16FN5O/c1-11(15-21-20-14-4-2-3-9-22(14)15)19-16(23)18-10-12-5-7-13(17)8-6-12/h2-9,11H,10H2,1H3,(H2,18,19,23). The zero-order chi connectivity index (χ0) is 16.2. The normalized spacial score (nSPS) is 12.1. The SMILES string of the molecule is CC(NC(=O)NCc1ccc(F)cc1)c1nnc2ccccn12. The summed E-state index contributed by atoms with van der Waals surface area (Å²) < 4.78 is 14.7. The molecule has 6 nitrogen and oxygen atoms in total. The van der Waals surface area contributed by atoms with Gasteiger partial charge in [-0.2, -0.15) is 0 Å². The molecule has 0 bridgehead atoms. The molecule has 0 aliphatic heterocycles. The number of benzene rings is 1. The minimum atomic E-state index is -0.325. The van der Waals surface area contributed by atoms with Gasteiger partial charge < -0.3 is 10.6 Å². The third-order valence-electron chi connectivity index (χ3n) is 3.44. The van der Waals surface area contributed by atoms with Crippen molar-refractivity contribution in [2.45, 2.75) is 19.5 Å². The molecule has 3 rings (SSSR count). The van der Waals surface area contributed by atoms with Gasteiger partial charge in [0.25, 0.3) is 0 Å². The van der Waals surface area contributed by atoms with Crippen molar-refractivity contribution in [3.05, 3.63) is 65.9 Å². The average Bonchev–Trinajstić information content (AvgIpc) is 2.98. The number of rotatable bonds is 4. The Bertz CT molecular complexity index is 815. The molecule has 2 heterocycles. The Kier molecular flexibility index (Phi) is 4.18. The molecule has 0 saturated carbocycles. The number of carbonyl (C=O) groups excluding carboxylic acids is 1. The first-order valence-electron chi connectivity index (χ1n) is 7.22. The Morgan fingerprint density at radius 3 is 2.78 bits per heavy atom. The van der Waals surface area contributed by atoms with E-state index in [4.69, 9.17) is 0 Å². The van der Waals surface area contributed by atoms with E-state index in [2.05, 4.69) is 20.8 Å². The van der Waals surface area contributed by atoms with Crippen LogP contribution in [0.4, 0.5) is 9.18 Å². The van der Waals surface area contributed by atoms with Crippen LogP contribution in [-0.2, 0) is 6.54 Å². The number of urea groups is 1. The summed E-state index contributed by atoms with van der Waals surface area (Å²) in [5, 5.41) is 13.7. The zero-order valence-corrected chi connectivity index (χ0v) is 12.5. The highest BCUT2D eigenvalue weighted by atomic mass is 19.1. The minimum Gasteiger partial charge on any atom is -0.334 e. The third-order valence-corrected chi connectivity index (χ3v) is 3.44. The van der Waals surface area contributed by atoms with Crippen LogP contribution in [0.2, 0.25) is 0 Å². The van der Waals surface area contributed by atoms with Gasteiger partial charge in [-0.05, 0) is 36.8 Å². The molecule has 0 aliphatic rings. The Hall–Kier alpha value is -2.96. The molecule has 0 saturated heterocycles. The van der Waals surface area contributed by atoms with Crippen LogP contribution in [0, 0.1) is 5.82 Å². The summed E-state index contributed by atoms with van der Waals surface area (Å²) in [5.74, 6) is 0.350. The number of hydrogen-bond donors (Lipinski definition) is 2. The van der Waals surface area contributed by atoms with Crippen LogP contribution in [0.15, 0.2) is 48.7 Å².